The Balaban J connectivity index is 1.67. The molecule has 0 saturated heterocycles. The molecule has 4 rings (SSSR count). The van der Waals surface area contributed by atoms with Gasteiger partial charge in [0.1, 0.15) is 6.10 Å². The second-order valence-electron chi connectivity index (χ2n) is 7.99. The van der Waals surface area contributed by atoms with E-state index in [-0.39, 0.29) is 5.91 Å². The molecule has 0 N–H and O–H groups in total. The highest BCUT2D eigenvalue weighted by Crippen LogP contribution is 2.38. The van der Waals surface area contributed by atoms with Gasteiger partial charge in [-0.15, -0.1) is 0 Å². The molecule has 0 fully saturated rings. The van der Waals surface area contributed by atoms with Crippen molar-refractivity contribution in [3.05, 3.63) is 47.0 Å². The number of aryl methyl sites for hydroxylation is 1. The number of carbonyl (C=O) groups is 1. The minimum atomic E-state index is -0.752. The van der Waals surface area contributed by atoms with E-state index in [1.54, 1.807) is 4.90 Å². The maximum absolute atomic E-state index is 13.7. The molecule has 31 heavy (non-hydrogen) atoms. The molecule has 2 unspecified atom stereocenters. The maximum Gasteiger partial charge on any atom is 0.273 e. The first-order chi connectivity index (χ1) is 14.8. The zero-order chi connectivity index (χ0) is 22.1. The van der Waals surface area contributed by atoms with Gasteiger partial charge in [0, 0.05) is 6.54 Å². The van der Waals surface area contributed by atoms with Crippen LogP contribution in [0.1, 0.15) is 18.9 Å². The predicted octanol–water partition coefficient (Wildman–Crippen LogP) is 4.77. The van der Waals surface area contributed by atoms with Crippen LogP contribution in [-0.4, -0.2) is 55.2 Å². The number of hydrogen-bond acceptors (Lipinski definition) is 6. The highest BCUT2D eigenvalue weighted by Gasteiger charge is 2.38. The standard InChI is InChI=1S/C23H26ClN3O3S/c1-14-10-11-16(24)21-19(14)25-23(31-21)27(13-7-12-26(3)4)22(28)20-15(2)29-17-8-5-6-9-18(17)30-20/h5-6,8-11,15,20H,7,12-13H2,1-4H3. The number of ether oxygens (including phenoxy) is 2. The molecule has 2 atom stereocenters. The molecule has 2 heterocycles. The number of anilines is 1. The van der Waals surface area contributed by atoms with Crippen LogP contribution >= 0.6 is 22.9 Å². The lowest BCUT2D eigenvalue weighted by atomic mass is 10.1. The third-order valence-corrected chi connectivity index (χ3v) is 6.79. The minimum absolute atomic E-state index is 0.159. The first kappa shape index (κ1) is 21.9. The normalized spacial score (nSPS) is 17.9. The van der Waals surface area contributed by atoms with Crippen molar-refractivity contribution in [1.29, 1.82) is 0 Å². The number of amides is 1. The third-order valence-electron chi connectivity index (χ3n) is 5.26. The third kappa shape index (κ3) is 4.49. The molecule has 0 saturated carbocycles. The fourth-order valence-electron chi connectivity index (χ4n) is 3.60. The predicted molar refractivity (Wildman–Crippen MR) is 126 cm³/mol. The van der Waals surface area contributed by atoms with Gasteiger partial charge >= 0.3 is 0 Å². The van der Waals surface area contributed by atoms with Crippen LogP contribution in [0.3, 0.4) is 0 Å². The Bertz CT molecular complexity index is 1060. The SMILES string of the molecule is Cc1ccc(Cl)c2sc(N(CCCN(C)C)C(=O)C3Oc4ccccc4OC3C)nc12. The lowest BCUT2D eigenvalue weighted by Crippen LogP contribution is -2.51. The molecule has 2 aromatic carbocycles. The second kappa shape index (κ2) is 9.02. The van der Waals surface area contributed by atoms with Crippen LogP contribution in [0.2, 0.25) is 5.02 Å². The number of nitrogens with zero attached hydrogens (tertiary/aromatic N) is 3. The summed E-state index contributed by atoms with van der Waals surface area (Å²) in [6.45, 7) is 5.24. The summed E-state index contributed by atoms with van der Waals surface area (Å²) in [4.78, 5) is 22.3. The summed E-state index contributed by atoms with van der Waals surface area (Å²) < 4.78 is 12.9. The van der Waals surface area contributed by atoms with Crippen LogP contribution in [-0.2, 0) is 4.79 Å². The summed E-state index contributed by atoms with van der Waals surface area (Å²) in [5.74, 6) is 1.07. The van der Waals surface area contributed by atoms with E-state index >= 15 is 0 Å². The highest BCUT2D eigenvalue weighted by atomic mass is 35.5. The van der Waals surface area contributed by atoms with E-state index in [1.165, 1.54) is 11.3 Å². The van der Waals surface area contributed by atoms with Gasteiger partial charge in [0.2, 0.25) is 6.10 Å². The molecule has 1 aliphatic rings. The molecule has 0 bridgehead atoms. The van der Waals surface area contributed by atoms with Gasteiger partial charge in [0.15, 0.2) is 16.6 Å². The first-order valence-corrected chi connectivity index (χ1v) is 11.5. The number of hydrogen-bond donors (Lipinski definition) is 0. The van der Waals surface area contributed by atoms with Crippen LogP contribution in [0.15, 0.2) is 36.4 Å². The Labute approximate surface area is 191 Å². The van der Waals surface area contributed by atoms with E-state index in [1.807, 2.05) is 64.3 Å². The molecule has 6 nitrogen and oxygen atoms in total. The number of rotatable bonds is 6. The van der Waals surface area contributed by atoms with Gasteiger partial charge in [-0.25, -0.2) is 4.98 Å². The van der Waals surface area contributed by atoms with Crippen molar-refractivity contribution >= 4 is 44.2 Å². The lowest BCUT2D eigenvalue weighted by Gasteiger charge is -2.33. The first-order valence-electron chi connectivity index (χ1n) is 10.3. The zero-order valence-corrected chi connectivity index (χ0v) is 19.7. The molecule has 1 aliphatic heterocycles. The maximum atomic E-state index is 13.7. The van der Waals surface area contributed by atoms with Gasteiger partial charge in [0.25, 0.3) is 5.91 Å². The molecule has 164 valence electrons. The van der Waals surface area contributed by atoms with Crippen molar-refractivity contribution in [2.45, 2.75) is 32.5 Å². The summed E-state index contributed by atoms with van der Waals surface area (Å²) in [5, 5.41) is 1.27. The Hall–Kier alpha value is -2.35. The largest absolute Gasteiger partial charge is 0.482 e. The summed E-state index contributed by atoms with van der Waals surface area (Å²) in [6.07, 6.45) is -0.365. The molecule has 0 radical (unpaired) electrons. The Morgan fingerprint density at radius 3 is 2.52 bits per heavy atom. The van der Waals surface area contributed by atoms with Gasteiger partial charge < -0.3 is 14.4 Å². The number of halogens is 1. The zero-order valence-electron chi connectivity index (χ0n) is 18.1. The quantitative estimate of drug-likeness (QED) is 0.531. The molecule has 1 aromatic heterocycles. The molecule has 8 heteroatoms. The van der Waals surface area contributed by atoms with Crippen LogP contribution in [0.5, 0.6) is 11.5 Å². The minimum Gasteiger partial charge on any atom is -0.482 e. The molecule has 0 spiro atoms. The number of para-hydroxylation sites is 2. The van der Waals surface area contributed by atoms with E-state index in [0.29, 0.717) is 28.2 Å². The van der Waals surface area contributed by atoms with E-state index in [0.717, 1.165) is 28.7 Å². The van der Waals surface area contributed by atoms with Crippen LogP contribution in [0, 0.1) is 6.92 Å². The number of carbonyl (C=O) groups excluding carboxylic acids is 1. The molecule has 0 aliphatic carbocycles. The van der Waals surface area contributed by atoms with Crippen LogP contribution in [0.4, 0.5) is 5.13 Å². The fourth-order valence-corrected chi connectivity index (χ4v) is 4.94. The van der Waals surface area contributed by atoms with Crippen LogP contribution < -0.4 is 14.4 Å². The second-order valence-corrected chi connectivity index (χ2v) is 9.38. The molecule has 3 aromatic rings. The van der Waals surface area contributed by atoms with Crippen molar-refractivity contribution in [2.75, 3.05) is 32.1 Å². The smallest absolute Gasteiger partial charge is 0.273 e. The highest BCUT2D eigenvalue weighted by molar-refractivity contribution is 7.23. The van der Waals surface area contributed by atoms with Gasteiger partial charge in [-0.2, -0.15) is 0 Å². The van der Waals surface area contributed by atoms with E-state index < -0.39 is 12.2 Å². The number of thiazole rings is 1. The summed E-state index contributed by atoms with van der Waals surface area (Å²) >= 11 is 7.85. The molecular weight excluding hydrogens is 434 g/mol. The van der Waals surface area contributed by atoms with Crippen molar-refractivity contribution in [1.82, 2.24) is 9.88 Å². The monoisotopic (exact) mass is 459 g/mol. The Morgan fingerprint density at radius 1 is 1.13 bits per heavy atom. The van der Waals surface area contributed by atoms with Crippen molar-refractivity contribution in [3.63, 3.8) is 0 Å². The summed E-state index contributed by atoms with van der Waals surface area (Å²) in [5.41, 5.74) is 1.86. The molecular formula is C23H26ClN3O3S. The summed E-state index contributed by atoms with van der Waals surface area (Å²) in [7, 11) is 4.04. The van der Waals surface area contributed by atoms with E-state index in [4.69, 9.17) is 26.1 Å². The molecule has 1 amide bonds. The van der Waals surface area contributed by atoms with E-state index in [9.17, 15) is 4.79 Å². The van der Waals surface area contributed by atoms with Crippen molar-refractivity contribution < 1.29 is 14.3 Å². The van der Waals surface area contributed by atoms with E-state index in [2.05, 4.69) is 4.90 Å². The van der Waals surface area contributed by atoms with Gasteiger partial charge in [0.05, 0.1) is 15.2 Å². The lowest BCUT2D eigenvalue weighted by molar-refractivity contribution is -0.130. The van der Waals surface area contributed by atoms with Crippen molar-refractivity contribution in [2.24, 2.45) is 0 Å². The Kier molecular flexibility index (Phi) is 6.36. The van der Waals surface area contributed by atoms with Crippen molar-refractivity contribution in [3.8, 4) is 11.5 Å². The average molecular weight is 460 g/mol. The topological polar surface area (TPSA) is 54.9 Å². The van der Waals surface area contributed by atoms with Gasteiger partial charge in [-0.3, -0.25) is 9.69 Å². The number of fused-ring (bicyclic) bond motifs is 2. The van der Waals surface area contributed by atoms with Crippen LogP contribution in [0.25, 0.3) is 10.2 Å². The number of aromatic nitrogens is 1. The Morgan fingerprint density at radius 2 is 1.84 bits per heavy atom. The fraction of sp³-hybridized carbons (Fsp3) is 0.391. The van der Waals surface area contributed by atoms with Gasteiger partial charge in [-0.05, 0) is 64.7 Å². The average Bonchev–Trinajstić information content (AvgIpc) is 3.19. The number of benzene rings is 2. The summed E-state index contributed by atoms with van der Waals surface area (Å²) in [6, 6.07) is 11.2. The van der Waals surface area contributed by atoms with Gasteiger partial charge in [-0.1, -0.05) is 41.1 Å².